The highest BCUT2D eigenvalue weighted by Gasteiger charge is 2.16. The molecule has 0 radical (unpaired) electrons. The van der Waals surface area contributed by atoms with Gasteiger partial charge in [0.1, 0.15) is 0 Å². The Morgan fingerprint density at radius 3 is 2.75 bits per heavy atom. The van der Waals surface area contributed by atoms with Crippen LogP contribution >= 0.6 is 11.3 Å². The maximum absolute atomic E-state index is 4.67. The van der Waals surface area contributed by atoms with Crippen molar-refractivity contribution in [1.82, 2.24) is 9.55 Å². The molecule has 1 fully saturated rings. The fourth-order valence-electron chi connectivity index (χ4n) is 2.94. The average Bonchev–Trinajstić information content (AvgIpc) is 2.98. The topological polar surface area (TPSA) is 29.9 Å². The zero-order chi connectivity index (χ0) is 13.9. The fraction of sp³-hybridized carbons (Fsp3) is 0.562. The molecule has 1 aliphatic rings. The largest absolute Gasteiger partial charge is 0.353 e. The summed E-state index contributed by atoms with van der Waals surface area (Å²) in [4.78, 5) is 4.67. The van der Waals surface area contributed by atoms with Gasteiger partial charge in [-0.2, -0.15) is 11.3 Å². The fourth-order valence-corrected chi connectivity index (χ4v) is 3.79. The third kappa shape index (κ3) is 3.06. The summed E-state index contributed by atoms with van der Waals surface area (Å²) >= 11 is 1.78. The minimum absolute atomic E-state index is 0.605. The van der Waals surface area contributed by atoms with Gasteiger partial charge >= 0.3 is 0 Å². The van der Waals surface area contributed by atoms with Crippen molar-refractivity contribution in [3.63, 3.8) is 0 Å². The van der Waals surface area contributed by atoms with Crippen LogP contribution in [-0.4, -0.2) is 15.6 Å². The quantitative estimate of drug-likeness (QED) is 0.906. The van der Waals surface area contributed by atoms with Gasteiger partial charge in [0.05, 0.1) is 12.2 Å². The lowest BCUT2D eigenvalue weighted by atomic mass is 9.96. The molecule has 108 valence electrons. The number of aromatic nitrogens is 2. The third-order valence-corrected chi connectivity index (χ3v) is 5.05. The summed E-state index contributed by atoms with van der Waals surface area (Å²) < 4.78 is 2.26. The first kappa shape index (κ1) is 13.7. The predicted octanol–water partition coefficient (Wildman–Crippen LogP) is 4.35. The number of nitrogens with one attached hydrogen (secondary N) is 1. The van der Waals surface area contributed by atoms with E-state index in [1.54, 1.807) is 11.3 Å². The summed E-state index contributed by atoms with van der Waals surface area (Å²) in [7, 11) is 0. The van der Waals surface area contributed by atoms with Crippen molar-refractivity contribution in [2.45, 2.75) is 58.5 Å². The zero-order valence-electron chi connectivity index (χ0n) is 12.4. The Hall–Kier alpha value is -1.29. The molecule has 0 bridgehead atoms. The number of hydrogen-bond donors (Lipinski definition) is 1. The number of rotatable bonds is 4. The molecule has 1 N–H and O–H groups in total. The molecule has 4 heteroatoms. The summed E-state index contributed by atoms with van der Waals surface area (Å²) in [5.41, 5.74) is 3.88. The van der Waals surface area contributed by atoms with Crippen LogP contribution in [0.5, 0.6) is 0 Å². The molecule has 0 spiro atoms. The van der Waals surface area contributed by atoms with Gasteiger partial charge in [0.2, 0.25) is 5.95 Å². The van der Waals surface area contributed by atoms with Crippen LogP contribution in [0, 0.1) is 13.8 Å². The van der Waals surface area contributed by atoms with E-state index in [0.717, 1.165) is 18.2 Å². The van der Waals surface area contributed by atoms with E-state index in [-0.39, 0.29) is 0 Å². The van der Waals surface area contributed by atoms with Gasteiger partial charge in [-0.1, -0.05) is 19.3 Å². The lowest BCUT2D eigenvalue weighted by Crippen LogP contribution is -2.24. The Kier molecular flexibility index (Phi) is 4.10. The summed E-state index contributed by atoms with van der Waals surface area (Å²) in [6.45, 7) is 5.18. The van der Waals surface area contributed by atoms with Crippen molar-refractivity contribution in [3.05, 3.63) is 33.8 Å². The number of hydrogen-bond acceptors (Lipinski definition) is 3. The zero-order valence-corrected chi connectivity index (χ0v) is 13.2. The molecule has 2 heterocycles. The van der Waals surface area contributed by atoms with Crippen LogP contribution in [0.4, 0.5) is 5.95 Å². The van der Waals surface area contributed by atoms with E-state index in [9.17, 15) is 0 Å². The lowest BCUT2D eigenvalue weighted by Gasteiger charge is -2.23. The summed E-state index contributed by atoms with van der Waals surface area (Å²) in [5, 5.41) is 8.12. The van der Waals surface area contributed by atoms with E-state index in [1.807, 2.05) is 0 Å². The van der Waals surface area contributed by atoms with Crippen LogP contribution < -0.4 is 5.32 Å². The number of aryl methyl sites for hydroxylation is 2. The van der Waals surface area contributed by atoms with E-state index in [2.05, 4.69) is 45.7 Å². The molecule has 0 unspecified atom stereocenters. The van der Waals surface area contributed by atoms with Crippen molar-refractivity contribution in [3.8, 4) is 0 Å². The molecule has 0 atom stereocenters. The maximum atomic E-state index is 4.67. The van der Waals surface area contributed by atoms with Crippen molar-refractivity contribution >= 4 is 17.3 Å². The first-order valence-electron chi connectivity index (χ1n) is 7.54. The van der Waals surface area contributed by atoms with E-state index in [0.29, 0.717) is 6.04 Å². The second-order valence-corrected chi connectivity index (χ2v) is 6.64. The SMILES string of the molecule is Cc1cn(Cc2cscc2C)c(NC2CCCCC2)n1. The monoisotopic (exact) mass is 289 g/mol. The van der Waals surface area contributed by atoms with E-state index < -0.39 is 0 Å². The molecular weight excluding hydrogens is 266 g/mol. The molecule has 0 aromatic carbocycles. The van der Waals surface area contributed by atoms with Crippen LogP contribution in [0.25, 0.3) is 0 Å². The standard InChI is InChI=1S/C16H23N3S/c1-12-10-20-11-14(12)9-19-8-13(2)17-16(19)18-15-6-4-3-5-7-15/h8,10-11,15H,3-7,9H2,1-2H3,(H,17,18). The van der Waals surface area contributed by atoms with Gasteiger partial charge < -0.3 is 9.88 Å². The Morgan fingerprint density at radius 1 is 1.25 bits per heavy atom. The van der Waals surface area contributed by atoms with Crippen molar-refractivity contribution < 1.29 is 0 Å². The lowest BCUT2D eigenvalue weighted by molar-refractivity contribution is 0.459. The van der Waals surface area contributed by atoms with Gasteiger partial charge in [0.25, 0.3) is 0 Å². The number of imidazole rings is 1. The van der Waals surface area contributed by atoms with E-state index >= 15 is 0 Å². The molecular formula is C16H23N3S. The van der Waals surface area contributed by atoms with Gasteiger partial charge in [0.15, 0.2) is 0 Å². The number of nitrogens with zero attached hydrogens (tertiary/aromatic N) is 2. The Balaban J connectivity index is 1.75. The van der Waals surface area contributed by atoms with Crippen LogP contribution in [-0.2, 0) is 6.54 Å². The molecule has 1 aliphatic carbocycles. The highest BCUT2D eigenvalue weighted by Crippen LogP contribution is 2.23. The highest BCUT2D eigenvalue weighted by atomic mass is 32.1. The van der Waals surface area contributed by atoms with Crippen molar-refractivity contribution in [1.29, 1.82) is 0 Å². The minimum atomic E-state index is 0.605. The Bertz CT molecular complexity index is 564. The van der Waals surface area contributed by atoms with Gasteiger partial charge in [-0.15, -0.1) is 0 Å². The molecule has 20 heavy (non-hydrogen) atoms. The summed E-state index contributed by atoms with van der Waals surface area (Å²) in [6, 6.07) is 0.605. The molecule has 3 nitrogen and oxygen atoms in total. The molecule has 3 rings (SSSR count). The van der Waals surface area contributed by atoms with Crippen LogP contribution in [0.15, 0.2) is 17.0 Å². The van der Waals surface area contributed by atoms with E-state index in [4.69, 9.17) is 0 Å². The average molecular weight is 289 g/mol. The minimum Gasteiger partial charge on any atom is -0.353 e. The Labute approximate surface area is 125 Å². The molecule has 2 aromatic heterocycles. The summed E-state index contributed by atoms with van der Waals surface area (Å²) in [5.74, 6) is 1.04. The summed E-state index contributed by atoms with van der Waals surface area (Å²) in [6.07, 6.45) is 8.80. The predicted molar refractivity (Wildman–Crippen MR) is 85.6 cm³/mol. The molecule has 0 amide bonds. The van der Waals surface area contributed by atoms with Crippen molar-refractivity contribution in [2.24, 2.45) is 0 Å². The van der Waals surface area contributed by atoms with Crippen molar-refractivity contribution in [2.75, 3.05) is 5.32 Å². The normalized spacial score (nSPS) is 16.5. The maximum Gasteiger partial charge on any atom is 0.203 e. The second kappa shape index (κ2) is 6.00. The van der Waals surface area contributed by atoms with E-state index in [1.165, 1.54) is 43.2 Å². The third-order valence-electron chi connectivity index (χ3n) is 4.14. The molecule has 0 aliphatic heterocycles. The Morgan fingerprint density at radius 2 is 2.05 bits per heavy atom. The van der Waals surface area contributed by atoms with Gasteiger partial charge in [-0.3, -0.25) is 0 Å². The highest BCUT2D eigenvalue weighted by molar-refractivity contribution is 7.08. The van der Waals surface area contributed by atoms with Gasteiger partial charge in [0, 0.05) is 12.2 Å². The first-order valence-corrected chi connectivity index (χ1v) is 8.48. The first-order chi connectivity index (χ1) is 9.72. The van der Waals surface area contributed by atoms with Gasteiger partial charge in [-0.25, -0.2) is 4.98 Å². The van der Waals surface area contributed by atoms with Crippen LogP contribution in [0.3, 0.4) is 0 Å². The molecule has 2 aromatic rings. The molecule has 0 saturated heterocycles. The van der Waals surface area contributed by atoms with Crippen LogP contribution in [0.1, 0.15) is 48.9 Å². The molecule has 1 saturated carbocycles. The number of thiophene rings is 1. The smallest absolute Gasteiger partial charge is 0.203 e. The number of anilines is 1. The second-order valence-electron chi connectivity index (χ2n) is 5.89. The van der Waals surface area contributed by atoms with Crippen LogP contribution in [0.2, 0.25) is 0 Å². The van der Waals surface area contributed by atoms with Gasteiger partial charge in [-0.05, 0) is 48.6 Å².